The molecule has 0 spiro atoms. The summed E-state index contributed by atoms with van der Waals surface area (Å²) in [6.07, 6.45) is 0. The van der Waals surface area contributed by atoms with Crippen LogP contribution in [-0.2, 0) is 0 Å². The van der Waals surface area contributed by atoms with Gasteiger partial charge in [-0.1, -0.05) is 66.7 Å². The molecule has 5 heteroatoms. The van der Waals surface area contributed by atoms with Crippen molar-refractivity contribution in [3.8, 4) is 22.8 Å². The minimum absolute atomic E-state index is 0.208. The summed E-state index contributed by atoms with van der Waals surface area (Å²) in [6.45, 7) is 0. The van der Waals surface area contributed by atoms with Gasteiger partial charge < -0.3 is 14.6 Å². The van der Waals surface area contributed by atoms with Gasteiger partial charge >= 0.3 is 0 Å². The average molecular weight is 508 g/mol. The number of para-hydroxylation sites is 1. The first kappa shape index (κ1) is 20.0. The summed E-state index contributed by atoms with van der Waals surface area (Å²) in [7, 11) is 0. The van der Waals surface area contributed by atoms with Crippen LogP contribution in [0.2, 0.25) is 0 Å². The first-order valence-electron chi connectivity index (χ1n) is 9.22. The Bertz CT molecular complexity index is 1350. The number of rotatable bonds is 1. The molecule has 0 fully saturated rings. The van der Waals surface area contributed by atoms with Crippen molar-refractivity contribution in [1.82, 2.24) is 0 Å². The summed E-state index contributed by atoms with van der Waals surface area (Å²) in [6, 6.07) is 27.4. The van der Waals surface area contributed by atoms with Crippen molar-refractivity contribution in [3.63, 3.8) is 0 Å². The van der Waals surface area contributed by atoms with Crippen LogP contribution < -0.4 is 5.43 Å². The molecule has 1 aromatic heterocycles. The van der Waals surface area contributed by atoms with Crippen molar-refractivity contribution < 1.29 is 14.6 Å². The van der Waals surface area contributed by atoms with E-state index in [1.165, 1.54) is 3.57 Å². The maximum atomic E-state index is 12.0. The summed E-state index contributed by atoms with van der Waals surface area (Å²) in [5, 5.41) is 21.8. The first-order chi connectivity index (χ1) is 14.6. The van der Waals surface area contributed by atoms with Crippen LogP contribution in [0.3, 0.4) is 0 Å². The third kappa shape index (κ3) is 3.89. The smallest absolute Gasteiger partial charge is 0.235 e. The molecule has 5 rings (SSSR count). The van der Waals surface area contributed by atoms with E-state index >= 15 is 0 Å². The minimum Gasteiger partial charge on any atom is -0.507 e. The van der Waals surface area contributed by atoms with E-state index in [4.69, 9.17) is 4.42 Å². The van der Waals surface area contributed by atoms with E-state index in [2.05, 4.69) is 22.6 Å². The van der Waals surface area contributed by atoms with E-state index in [1.54, 1.807) is 42.5 Å². The van der Waals surface area contributed by atoms with Crippen LogP contribution in [0.25, 0.3) is 33.1 Å². The lowest BCUT2D eigenvalue weighted by Crippen LogP contribution is -2.02. The molecule has 4 nitrogen and oxygen atoms in total. The maximum Gasteiger partial charge on any atom is 0.235 e. The Morgan fingerprint density at radius 1 is 0.667 bits per heavy atom. The number of phenolic OH excluding ortho intramolecular Hbond substituents is 1. The topological polar surface area (TPSA) is 70.7 Å². The number of halogens is 1. The molecule has 0 bridgehead atoms. The van der Waals surface area contributed by atoms with Gasteiger partial charge in [0.25, 0.3) is 0 Å². The quantitative estimate of drug-likeness (QED) is 0.260. The first-order valence-corrected chi connectivity index (χ1v) is 10.3. The molecule has 0 aliphatic heterocycles. The molecule has 0 amide bonds. The standard InChI is InChI=1S/C15H10O3.C10H7IO/c16-13-11-8-4-5-9-12(11)18-15(14(13)17)10-6-2-1-3-7-10;11-9-5-6-10(12)8-4-2-1-3-7(8)9/h1-9,17H;1-6,12H. The molecule has 0 aliphatic carbocycles. The second-order valence-corrected chi connectivity index (χ2v) is 7.75. The van der Waals surface area contributed by atoms with E-state index in [0.29, 0.717) is 22.3 Å². The normalized spacial score (nSPS) is 10.6. The van der Waals surface area contributed by atoms with E-state index < -0.39 is 5.43 Å². The number of hydrogen-bond donors (Lipinski definition) is 2. The Balaban J connectivity index is 0.000000158. The summed E-state index contributed by atoms with van der Waals surface area (Å²) >= 11 is 2.26. The Morgan fingerprint density at radius 3 is 1.97 bits per heavy atom. The van der Waals surface area contributed by atoms with Gasteiger partial charge in [-0.3, -0.25) is 4.79 Å². The van der Waals surface area contributed by atoms with Crippen LogP contribution in [-0.4, -0.2) is 10.2 Å². The highest BCUT2D eigenvalue weighted by Crippen LogP contribution is 2.29. The van der Waals surface area contributed by atoms with Crippen LogP contribution >= 0.6 is 22.6 Å². The SMILES string of the molecule is O=c1c(O)c(-c2ccccc2)oc2ccccc12.Oc1ccc(I)c2ccccc12. The van der Waals surface area contributed by atoms with Gasteiger partial charge in [-0.25, -0.2) is 0 Å². The number of aromatic hydroxyl groups is 2. The number of benzene rings is 4. The second-order valence-electron chi connectivity index (χ2n) is 6.58. The van der Waals surface area contributed by atoms with Crippen molar-refractivity contribution in [2.24, 2.45) is 0 Å². The zero-order valence-electron chi connectivity index (χ0n) is 15.7. The lowest BCUT2D eigenvalue weighted by Gasteiger charge is -2.05. The highest BCUT2D eigenvalue weighted by molar-refractivity contribution is 14.1. The molecule has 1 heterocycles. The van der Waals surface area contributed by atoms with Gasteiger partial charge in [-0.05, 0) is 52.2 Å². The van der Waals surface area contributed by atoms with Crippen LogP contribution in [0, 0.1) is 3.57 Å². The molecule has 0 saturated carbocycles. The lowest BCUT2D eigenvalue weighted by molar-refractivity contribution is 0.449. The fraction of sp³-hybridized carbons (Fsp3) is 0. The lowest BCUT2D eigenvalue weighted by atomic mass is 10.1. The number of phenols is 1. The monoisotopic (exact) mass is 508 g/mol. The molecular weight excluding hydrogens is 491 g/mol. The molecule has 0 unspecified atom stereocenters. The molecule has 5 aromatic rings. The van der Waals surface area contributed by atoms with Crippen molar-refractivity contribution in [2.45, 2.75) is 0 Å². The summed E-state index contributed by atoms with van der Waals surface area (Å²) < 4.78 is 6.78. The van der Waals surface area contributed by atoms with E-state index in [0.717, 1.165) is 10.8 Å². The number of fused-ring (bicyclic) bond motifs is 2. The molecule has 2 N–H and O–H groups in total. The third-order valence-corrected chi connectivity index (χ3v) is 5.60. The molecule has 0 saturated heterocycles. The van der Waals surface area contributed by atoms with Crippen LogP contribution in [0.4, 0.5) is 0 Å². The fourth-order valence-corrected chi connectivity index (χ4v) is 3.81. The van der Waals surface area contributed by atoms with Gasteiger partial charge in [-0.2, -0.15) is 0 Å². The third-order valence-electron chi connectivity index (χ3n) is 4.66. The summed E-state index contributed by atoms with van der Waals surface area (Å²) in [5.74, 6) is 0.213. The van der Waals surface area contributed by atoms with Crippen LogP contribution in [0.1, 0.15) is 0 Å². The molecule has 0 aliphatic rings. The molecule has 0 atom stereocenters. The Labute approximate surface area is 186 Å². The van der Waals surface area contributed by atoms with E-state index in [1.807, 2.05) is 48.5 Å². The fourth-order valence-electron chi connectivity index (χ4n) is 3.16. The zero-order chi connectivity index (χ0) is 21.1. The number of hydrogen-bond acceptors (Lipinski definition) is 4. The predicted octanol–water partition coefficient (Wildman–Crippen LogP) is 6.32. The highest BCUT2D eigenvalue weighted by atomic mass is 127. The molecule has 30 heavy (non-hydrogen) atoms. The molecule has 0 radical (unpaired) electrons. The Kier molecular flexibility index (Phi) is 5.72. The van der Waals surface area contributed by atoms with Gasteiger partial charge in [0, 0.05) is 14.5 Å². The van der Waals surface area contributed by atoms with Gasteiger partial charge in [0.15, 0.2) is 5.76 Å². The van der Waals surface area contributed by atoms with Crippen molar-refractivity contribution in [1.29, 1.82) is 0 Å². The van der Waals surface area contributed by atoms with Crippen molar-refractivity contribution in [2.75, 3.05) is 0 Å². The van der Waals surface area contributed by atoms with Crippen LogP contribution in [0.5, 0.6) is 11.5 Å². The van der Waals surface area contributed by atoms with Gasteiger partial charge in [-0.15, -0.1) is 0 Å². The van der Waals surface area contributed by atoms with Gasteiger partial charge in [0.05, 0.1) is 5.39 Å². The van der Waals surface area contributed by atoms with Crippen molar-refractivity contribution >= 4 is 44.3 Å². The average Bonchev–Trinajstić information content (AvgIpc) is 2.80. The van der Waals surface area contributed by atoms with E-state index in [9.17, 15) is 15.0 Å². The molecular formula is C25H17IO4. The summed E-state index contributed by atoms with van der Waals surface area (Å²) in [4.78, 5) is 12.0. The Hall–Kier alpha value is -3.32. The Morgan fingerprint density at radius 2 is 1.27 bits per heavy atom. The van der Waals surface area contributed by atoms with Crippen LogP contribution in [0.15, 0.2) is 100 Å². The zero-order valence-corrected chi connectivity index (χ0v) is 17.9. The predicted molar refractivity (Wildman–Crippen MR) is 128 cm³/mol. The highest BCUT2D eigenvalue weighted by Gasteiger charge is 2.14. The maximum absolute atomic E-state index is 12.0. The second kappa shape index (κ2) is 8.59. The molecule has 4 aromatic carbocycles. The van der Waals surface area contributed by atoms with Gasteiger partial charge in [0.1, 0.15) is 11.3 Å². The van der Waals surface area contributed by atoms with Gasteiger partial charge in [0.2, 0.25) is 11.2 Å². The van der Waals surface area contributed by atoms with Crippen molar-refractivity contribution in [3.05, 3.63) is 105 Å². The minimum atomic E-state index is -0.407. The molecule has 148 valence electrons. The summed E-state index contributed by atoms with van der Waals surface area (Å²) in [5.41, 5.74) is 0.743. The largest absolute Gasteiger partial charge is 0.507 e. The van der Waals surface area contributed by atoms with E-state index in [-0.39, 0.29) is 11.5 Å².